The predicted octanol–water partition coefficient (Wildman–Crippen LogP) is 3.68. The third-order valence-corrected chi connectivity index (χ3v) is 4.88. The summed E-state index contributed by atoms with van der Waals surface area (Å²) in [4.78, 5) is 11.7. The minimum Gasteiger partial charge on any atom is -0.350 e. The lowest BCUT2D eigenvalue weighted by atomic mass is 10.2. The first-order valence-electron chi connectivity index (χ1n) is 7.64. The number of carbonyl (C=O) groups excluding carboxylic acids is 1. The summed E-state index contributed by atoms with van der Waals surface area (Å²) in [5.41, 5.74) is 1.04. The van der Waals surface area contributed by atoms with Crippen molar-refractivity contribution in [2.45, 2.75) is 24.8 Å². The smallest absolute Gasteiger partial charge is 0.261 e. The molecule has 0 heterocycles. The number of sulfonamides is 1. The number of amides is 1. The Morgan fingerprint density at radius 2 is 1.72 bits per heavy atom. The molecule has 0 saturated heterocycles. The zero-order chi connectivity index (χ0) is 18.4. The van der Waals surface area contributed by atoms with Gasteiger partial charge in [-0.3, -0.25) is 9.52 Å². The van der Waals surface area contributed by atoms with Crippen molar-refractivity contribution in [3.8, 4) is 0 Å². The van der Waals surface area contributed by atoms with Crippen LogP contribution in [0.15, 0.2) is 59.5 Å². The van der Waals surface area contributed by atoms with E-state index >= 15 is 0 Å². The summed E-state index contributed by atoms with van der Waals surface area (Å²) >= 11 is 5.98. The van der Waals surface area contributed by atoms with Gasteiger partial charge in [-0.1, -0.05) is 35.9 Å². The van der Waals surface area contributed by atoms with Crippen molar-refractivity contribution in [2.24, 2.45) is 0 Å². The minimum atomic E-state index is -3.74. The number of hydrogen-bond donors (Lipinski definition) is 2. The molecular weight excluding hydrogens is 360 g/mol. The Kier molecular flexibility index (Phi) is 6.22. The quantitative estimate of drug-likeness (QED) is 0.753. The van der Waals surface area contributed by atoms with E-state index in [9.17, 15) is 13.2 Å². The van der Waals surface area contributed by atoms with Crippen LogP contribution in [0, 0.1) is 0 Å². The number of carbonyl (C=O) groups is 1. The molecule has 0 saturated carbocycles. The van der Waals surface area contributed by atoms with Gasteiger partial charge in [0.25, 0.3) is 10.0 Å². The van der Waals surface area contributed by atoms with Crippen molar-refractivity contribution in [3.63, 3.8) is 0 Å². The molecule has 25 heavy (non-hydrogen) atoms. The van der Waals surface area contributed by atoms with Crippen LogP contribution in [0.2, 0.25) is 5.02 Å². The Labute approximate surface area is 152 Å². The van der Waals surface area contributed by atoms with Crippen molar-refractivity contribution >= 4 is 39.3 Å². The molecular formula is C18H19ClN2O3S. The highest BCUT2D eigenvalue weighted by atomic mass is 35.5. The van der Waals surface area contributed by atoms with Gasteiger partial charge in [-0.15, -0.1) is 0 Å². The van der Waals surface area contributed by atoms with E-state index in [1.165, 1.54) is 18.2 Å². The zero-order valence-corrected chi connectivity index (χ0v) is 15.4. The Balaban J connectivity index is 2.12. The fourth-order valence-corrected chi connectivity index (χ4v) is 3.33. The monoisotopic (exact) mass is 378 g/mol. The van der Waals surface area contributed by atoms with Gasteiger partial charge < -0.3 is 5.32 Å². The summed E-state index contributed by atoms with van der Waals surface area (Å²) < 4.78 is 27.3. The number of nitrogens with one attached hydrogen (secondary N) is 2. The maximum absolute atomic E-state index is 12.4. The molecule has 132 valence electrons. The lowest BCUT2D eigenvalue weighted by Gasteiger charge is -2.09. The van der Waals surface area contributed by atoms with Gasteiger partial charge in [0.15, 0.2) is 0 Å². The molecule has 0 bridgehead atoms. The van der Waals surface area contributed by atoms with Crippen LogP contribution in [0.1, 0.15) is 19.4 Å². The first kappa shape index (κ1) is 19.0. The number of benzene rings is 2. The van der Waals surface area contributed by atoms with Crippen LogP contribution < -0.4 is 10.0 Å². The average molecular weight is 379 g/mol. The van der Waals surface area contributed by atoms with Gasteiger partial charge in [0.1, 0.15) is 0 Å². The Hall–Kier alpha value is -2.31. The summed E-state index contributed by atoms with van der Waals surface area (Å²) in [6.07, 6.45) is 3.03. The average Bonchev–Trinajstić information content (AvgIpc) is 2.55. The van der Waals surface area contributed by atoms with E-state index in [0.717, 1.165) is 5.56 Å². The molecule has 0 fully saturated rings. The van der Waals surface area contributed by atoms with Gasteiger partial charge in [-0.25, -0.2) is 8.42 Å². The lowest BCUT2D eigenvalue weighted by Crippen LogP contribution is -2.28. The molecule has 0 aromatic heterocycles. The molecule has 0 aliphatic rings. The summed E-state index contributed by atoms with van der Waals surface area (Å²) in [5.74, 6) is -0.202. The van der Waals surface area contributed by atoms with Crippen LogP contribution >= 0.6 is 11.6 Å². The van der Waals surface area contributed by atoms with Crippen LogP contribution in [-0.2, 0) is 14.8 Å². The SMILES string of the molecule is CC(C)NC(=O)/C=C/c1ccc(S(=O)(=O)Nc2ccccc2Cl)cc1. The van der Waals surface area contributed by atoms with E-state index in [1.807, 2.05) is 13.8 Å². The minimum absolute atomic E-state index is 0.0561. The van der Waals surface area contributed by atoms with Gasteiger partial charge in [0, 0.05) is 12.1 Å². The second-order valence-corrected chi connectivity index (χ2v) is 7.74. The number of rotatable bonds is 6. The van der Waals surface area contributed by atoms with Crippen molar-refractivity contribution in [1.82, 2.24) is 5.32 Å². The van der Waals surface area contributed by atoms with E-state index in [1.54, 1.807) is 42.5 Å². The third kappa shape index (κ3) is 5.62. The number of halogens is 1. The van der Waals surface area contributed by atoms with E-state index in [-0.39, 0.29) is 16.8 Å². The summed E-state index contributed by atoms with van der Waals surface area (Å²) in [6.45, 7) is 3.74. The zero-order valence-electron chi connectivity index (χ0n) is 13.9. The molecule has 7 heteroatoms. The second kappa shape index (κ2) is 8.18. The largest absolute Gasteiger partial charge is 0.350 e. The van der Waals surface area contributed by atoms with Gasteiger partial charge in [-0.05, 0) is 49.8 Å². The Morgan fingerprint density at radius 1 is 1.08 bits per heavy atom. The molecule has 0 atom stereocenters. The van der Waals surface area contributed by atoms with Gasteiger partial charge in [-0.2, -0.15) is 0 Å². The summed E-state index contributed by atoms with van der Waals surface area (Å²) in [6, 6.07) is 12.9. The molecule has 2 rings (SSSR count). The van der Waals surface area contributed by atoms with Gasteiger partial charge >= 0.3 is 0 Å². The molecule has 0 aliphatic heterocycles. The lowest BCUT2D eigenvalue weighted by molar-refractivity contribution is -0.116. The van der Waals surface area contributed by atoms with Crippen molar-refractivity contribution < 1.29 is 13.2 Å². The molecule has 2 N–H and O–H groups in total. The second-order valence-electron chi connectivity index (χ2n) is 5.65. The highest BCUT2D eigenvalue weighted by Crippen LogP contribution is 2.24. The van der Waals surface area contributed by atoms with Crippen molar-refractivity contribution in [3.05, 3.63) is 65.2 Å². The summed E-state index contributed by atoms with van der Waals surface area (Å²) in [7, 11) is -3.74. The Bertz CT molecular complexity index is 875. The van der Waals surface area contributed by atoms with Crippen LogP contribution in [-0.4, -0.2) is 20.4 Å². The normalized spacial score (nSPS) is 11.7. The van der Waals surface area contributed by atoms with E-state index < -0.39 is 10.0 Å². The number of anilines is 1. The highest BCUT2D eigenvalue weighted by molar-refractivity contribution is 7.92. The maximum Gasteiger partial charge on any atom is 0.261 e. The van der Waals surface area contributed by atoms with Crippen LogP contribution in [0.4, 0.5) is 5.69 Å². The first-order chi connectivity index (χ1) is 11.8. The molecule has 0 aliphatic carbocycles. The maximum atomic E-state index is 12.4. The number of para-hydroxylation sites is 1. The molecule has 5 nitrogen and oxygen atoms in total. The molecule has 0 unspecified atom stereocenters. The third-order valence-electron chi connectivity index (χ3n) is 3.17. The number of hydrogen-bond acceptors (Lipinski definition) is 3. The van der Waals surface area contributed by atoms with E-state index in [2.05, 4.69) is 10.0 Å². The van der Waals surface area contributed by atoms with Crippen molar-refractivity contribution in [2.75, 3.05) is 4.72 Å². The molecule has 2 aromatic carbocycles. The topological polar surface area (TPSA) is 75.3 Å². The molecule has 1 amide bonds. The van der Waals surface area contributed by atoms with Crippen LogP contribution in [0.3, 0.4) is 0 Å². The van der Waals surface area contributed by atoms with Crippen LogP contribution in [0.25, 0.3) is 6.08 Å². The van der Waals surface area contributed by atoms with Crippen LogP contribution in [0.5, 0.6) is 0 Å². The van der Waals surface area contributed by atoms with E-state index in [4.69, 9.17) is 11.6 Å². The standard InChI is InChI=1S/C18H19ClN2O3S/c1-13(2)20-18(22)12-9-14-7-10-15(11-8-14)25(23,24)21-17-6-4-3-5-16(17)19/h3-13,21H,1-2H3,(H,20,22)/b12-9+. The molecule has 0 spiro atoms. The fraction of sp³-hybridized carbons (Fsp3) is 0.167. The predicted molar refractivity (Wildman–Crippen MR) is 101 cm³/mol. The Morgan fingerprint density at radius 3 is 2.32 bits per heavy atom. The molecule has 2 aromatic rings. The van der Waals surface area contributed by atoms with Gasteiger partial charge in [0.05, 0.1) is 15.6 Å². The fourth-order valence-electron chi connectivity index (χ4n) is 2.01. The summed E-state index contributed by atoms with van der Waals surface area (Å²) in [5, 5.41) is 3.06. The first-order valence-corrected chi connectivity index (χ1v) is 9.50. The molecule has 0 radical (unpaired) electrons. The van der Waals surface area contributed by atoms with Crippen molar-refractivity contribution in [1.29, 1.82) is 0 Å². The van der Waals surface area contributed by atoms with Gasteiger partial charge in [0.2, 0.25) is 5.91 Å². The highest BCUT2D eigenvalue weighted by Gasteiger charge is 2.15. The van der Waals surface area contributed by atoms with E-state index in [0.29, 0.717) is 10.7 Å².